The lowest BCUT2D eigenvalue weighted by Crippen LogP contribution is -2.40. The third-order valence-electron chi connectivity index (χ3n) is 4.51. The van der Waals surface area contributed by atoms with Crippen molar-refractivity contribution >= 4 is 33.9 Å². The van der Waals surface area contributed by atoms with Crippen LogP contribution in [-0.2, 0) is 18.4 Å². The zero-order valence-electron chi connectivity index (χ0n) is 16.6. The van der Waals surface area contributed by atoms with Crippen LogP contribution in [0.4, 0.5) is 0 Å². The molecule has 5 nitrogen and oxygen atoms in total. The number of rotatable bonds is 4. The number of hydrogen-bond acceptors (Lipinski definition) is 4. The van der Waals surface area contributed by atoms with Gasteiger partial charge in [0.2, 0.25) is 0 Å². The largest absolute Gasteiger partial charge is 0.598 e. The fourth-order valence-corrected chi connectivity index (χ4v) is 3.97. The van der Waals surface area contributed by atoms with Gasteiger partial charge in [-0.3, -0.25) is 9.36 Å². The van der Waals surface area contributed by atoms with Crippen molar-refractivity contribution in [2.75, 3.05) is 0 Å². The first-order valence-electron chi connectivity index (χ1n) is 9.03. The van der Waals surface area contributed by atoms with Crippen LogP contribution in [-0.4, -0.2) is 18.9 Å². The van der Waals surface area contributed by atoms with E-state index < -0.39 is 16.1 Å². The van der Waals surface area contributed by atoms with Crippen molar-refractivity contribution < 1.29 is 4.55 Å². The Bertz CT molecular complexity index is 1060. The van der Waals surface area contributed by atoms with E-state index in [1.54, 1.807) is 19.2 Å². The Hall–Kier alpha value is -1.86. The third-order valence-corrected chi connectivity index (χ3v) is 6.41. The monoisotopic (exact) mass is 417 g/mol. The van der Waals surface area contributed by atoms with Gasteiger partial charge in [-0.15, -0.1) is 4.72 Å². The smallest absolute Gasteiger partial charge is 0.261 e. The standard InChI is InChI=1S/C21H24ClN3O2S/c1-13(24-28(27)21(2,3)4)16-11-15(22)12-17-18(16)23-19(25(5)20(17)26)14-9-7-6-8-10-14/h6-13,24H,1-5H3/t13?,28-/m1/s1. The Morgan fingerprint density at radius 2 is 1.86 bits per heavy atom. The highest BCUT2D eigenvalue weighted by molar-refractivity contribution is 7.90. The molecule has 7 heteroatoms. The van der Waals surface area contributed by atoms with Crippen molar-refractivity contribution in [3.8, 4) is 11.4 Å². The first-order chi connectivity index (χ1) is 13.1. The molecule has 1 N–H and O–H groups in total. The number of benzene rings is 2. The molecule has 0 aliphatic rings. The molecule has 2 aromatic carbocycles. The molecule has 1 unspecified atom stereocenters. The first kappa shape index (κ1) is 20.9. The van der Waals surface area contributed by atoms with Gasteiger partial charge in [0.25, 0.3) is 5.56 Å². The van der Waals surface area contributed by atoms with Gasteiger partial charge in [0.15, 0.2) is 0 Å². The van der Waals surface area contributed by atoms with Gasteiger partial charge in [0, 0.05) is 34.6 Å². The van der Waals surface area contributed by atoms with E-state index in [-0.39, 0.29) is 11.6 Å². The maximum absolute atomic E-state index is 13.0. The summed E-state index contributed by atoms with van der Waals surface area (Å²) in [4.78, 5) is 17.8. The molecule has 2 atom stereocenters. The summed E-state index contributed by atoms with van der Waals surface area (Å²) in [7, 11) is 1.70. The maximum atomic E-state index is 13.0. The van der Waals surface area contributed by atoms with Crippen LogP contribution in [0.3, 0.4) is 0 Å². The highest BCUT2D eigenvalue weighted by Crippen LogP contribution is 2.29. The number of nitrogens with one attached hydrogen (secondary N) is 1. The van der Waals surface area contributed by atoms with Gasteiger partial charge >= 0.3 is 0 Å². The molecule has 0 spiro atoms. The first-order valence-corrected chi connectivity index (χ1v) is 10.6. The van der Waals surface area contributed by atoms with Crippen LogP contribution in [0.15, 0.2) is 47.3 Å². The predicted molar refractivity (Wildman–Crippen MR) is 117 cm³/mol. The summed E-state index contributed by atoms with van der Waals surface area (Å²) in [5.74, 6) is 0.575. The highest BCUT2D eigenvalue weighted by Gasteiger charge is 2.29. The summed E-state index contributed by atoms with van der Waals surface area (Å²) in [6.45, 7) is 7.61. The molecule has 28 heavy (non-hydrogen) atoms. The topological polar surface area (TPSA) is 70.0 Å². The fourth-order valence-electron chi connectivity index (χ4n) is 2.94. The van der Waals surface area contributed by atoms with Crippen molar-refractivity contribution in [2.45, 2.75) is 38.5 Å². The SMILES string of the molecule is CC(N[S@+]([O-])C(C)(C)C)c1cc(Cl)cc2c(=O)n(C)c(-c3ccccc3)nc12. The Morgan fingerprint density at radius 3 is 2.46 bits per heavy atom. The Balaban J connectivity index is 2.21. The Labute approximate surface area is 173 Å². The Morgan fingerprint density at radius 1 is 1.21 bits per heavy atom. The average Bonchev–Trinajstić information content (AvgIpc) is 2.64. The average molecular weight is 418 g/mol. The van der Waals surface area contributed by atoms with Gasteiger partial charge in [-0.05, 0) is 39.8 Å². The molecular formula is C21H24ClN3O2S. The predicted octanol–water partition coefficient (Wildman–Crippen LogP) is 4.37. The quantitative estimate of drug-likeness (QED) is 0.640. The number of aromatic nitrogens is 2. The van der Waals surface area contributed by atoms with Crippen LogP contribution in [0.1, 0.15) is 39.3 Å². The molecule has 3 aromatic rings. The zero-order chi connectivity index (χ0) is 20.6. The van der Waals surface area contributed by atoms with Gasteiger partial charge in [-0.2, -0.15) is 0 Å². The fraction of sp³-hybridized carbons (Fsp3) is 0.333. The van der Waals surface area contributed by atoms with Gasteiger partial charge in [0.05, 0.1) is 16.9 Å². The van der Waals surface area contributed by atoms with E-state index in [1.165, 1.54) is 4.57 Å². The molecule has 0 saturated carbocycles. The molecule has 0 aliphatic heterocycles. The molecule has 0 fully saturated rings. The van der Waals surface area contributed by atoms with E-state index in [9.17, 15) is 9.35 Å². The van der Waals surface area contributed by atoms with Crippen molar-refractivity contribution in [2.24, 2.45) is 7.05 Å². The maximum Gasteiger partial charge on any atom is 0.261 e. The van der Waals surface area contributed by atoms with Crippen molar-refractivity contribution in [1.82, 2.24) is 14.3 Å². The van der Waals surface area contributed by atoms with Crippen molar-refractivity contribution in [3.63, 3.8) is 0 Å². The minimum absolute atomic E-state index is 0.170. The molecule has 0 amide bonds. The van der Waals surface area contributed by atoms with E-state index in [0.717, 1.165) is 11.1 Å². The Kier molecular flexibility index (Phi) is 5.87. The second-order valence-electron chi connectivity index (χ2n) is 7.78. The van der Waals surface area contributed by atoms with E-state index in [2.05, 4.69) is 4.72 Å². The van der Waals surface area contributed by atoms with Crippen LogP contribution in [0.25, 0.3) is 22.3 Å². The van der Waals surface area contributed by atoms with E-state index >= 15 is 0 Å². The molecule has 1 heterocycles. The van der Waals surface area contributed by atoms with E-state index in [1.807, 2.05) is 58.0 Å². The highest BCUT2D eigenvalue weighted by atomic mass is 35.5. The molecule has 0 radical (unpaired) electrons. The number of nitrogens with zero attached hydrogens (tertiary/aromatic N) is 2. The van der Waals surface area contributed by atoms with Gasteiger partial charge in [-0.25, -0.2) is 4.98 Å². The van der Waals surface area contributed by atoms with Crippen LogP contribution < -0.4 is 10.3 Å². The lowest BCUT2D eigenvalue weighted by atomic mass is 10.0. The molecule has 0 bridgehead atoms. The van der Waals surface area contributed by atoms with Crippen LogP contribution in [0, 0.1) is 0 Å². The molecule has 1 aromatic heterocycles. The second kappa shape index (κ2) is 7.87. The molecule has 3 rings (SSSR count). The van der Waals surface area contributed by atoms with E-state index in [0.29, 0.717) is 21.7 Å². The van der Waals surface area contributed by atoms with Crippen LogP contribution in [0.2, 0.25) is 5.02 Å². The number of fused-ring (bicyclic) bond motifs is 1. The minimum atomic E-state index is -1.27. The summed E-state index contributed by atoms with van der Waals surface area (Å²) in [6.07, 6.45) is 0. The van der Waals surface area contributed by atoms with E-state index in [4.69, 9.17) is 16.6 Å². The van der Waals surface area contributed by atoms with Crippen molar-refractivity contribution in [1.29, 1.82) is 0 Å². The summed E-state index contributed by atoms with van der Waals surface area (Å²) in [6, 6.07) is 12.7. The summed E-state index contributed by atoms with van der Waals surface area (Å²) in [5.41, 5.74) is 1.99. The molecular weight excluding hydrogens is 394 g/mol. The van der Waals surface area contributed by atoms with Gasteiger partial charge in [0.1, 0.15) is 10.6 Å². The minimum Gasteiger partial charge on any atom is -0.598 e. The molecule has 0 saturated heterocycles. The summed E-state index contributed by atoms with van der Waals surface area (Å²) >= 11 is 5.02. The molecule has 148 valence electrons. The van der Waals surface area contributed by atoms with Crippen molar-refractivity contribution in [3.05, 3.63) is 63.4 Å². The van der Waals surface area contributed by atoms with Gasteiger partial charge < -0.3 is 4.55 Å². The van der Waals surface area contributed by atoms with Gasteiger partial charge in [-0.1, -0.05) is 41.9 Å². The van der Waals surface area contributed by atoms with Crippen LogP contribution >= 0.6 is 11.6 Å². The summed E-state index contributed by atoms with van der Waals surface area (Å²) < 4.78 is 16.8. The lowest BCUT2D eigenvalue weighted by molar-refractivity contribution is 0.531. The second-order valence-corrected chi connectivity index (χ2v) is 10.2. The zero-order valence-corrected chi connectivity index (χ0v) is 18.2. The third kappa shape index (κ3) is 4.10. The lowest BCUT2D eigenvalue weighted by Gasteiger charge is -2.27. The molecule has 0 aliphatic carbocycles. The normalized spacial score (nSPS) is 14.2. The van der Waals surface area contributed by atoms with Crippen LogP contribution in [0.5, 0.6) is 0 Å². The number of halogens is 1. The number of hydrogen-bond donors (Lipinski definition) is 1. The summed E-state index contributed by atoms with van der Waals surface area (Å²) in [5, 5.41) is 0.893.